The minimum absolute atomic E-state index is 0.0858. The first-order valence-corrected chi connectivity index (χ1v) is 7.45. The Morgan fingerprint density at radius 1 is 1.45 bits per heavy atom. The maximum atomic E-state index is 12.0. The number of hydrogen-bond donors (Lipinski definition) is 1. The Labute approximate surface area is 131 Å². The van der Waals surface area contributed by atoms with E-state index in [1.807, 2.05) is 13.8 Å². The van der Waals surface area contributed by atoms with Crippen LogP contribution < -0.4 is 5.32 Å². The molecule has 0 aromatic heterocycles. The van der Waals surface area contributed by atoms with Gasteiger partial charge in [-0.1, -0.05) is 20.3 Å². The third-order valence-corrected chi connectivity index (χ3v) is 3.30. The van der Waals surface area contributed by atoms with Crippen LogP contribution in [0.1, 0.15) is 41.0 Å². The predicted octanol–water partition coefficient (Wildman–Crippen LogP) is 1.90. The number of nitrogens with zero attached hydrogens (tertiary/aromatic N) is 1. The van der Waals surface area contributed by atoms with Gasteiger partial charge in [-0.3, -0.25) is 0 Å². The highest BCUT2D eigenvalue weighted by Crippen LogP contribution is 2.17. The number of carbonyl (C=O) groups is 2. The second-order valence-electron chi connectivity index (χ2n) is 6.33. The number of carbonyl (C=O) groups excluding carboxylic acids is 2. The molecule has 0 spiro atoms. The molecule has 0 bridgehead atoms. The summed E-state index contributed by atoms with van der Waals surface area (Å²) in [6.07, 6.45) is 0.275. The van der Waals surface area contributed by atoms with Crippen LogP contribution in [-0.2, 0) is 19.0 Å². The molecule has 126 valence electrons. The Balaban J connectivity index is 2.82. The minimum atomic E-state index is -0.674. The highest BCUT2D eigenvalue weighted by molar-refractivity contribution is 5.90. The van der Waals surface area contributed by atoms with Crippen molar-refractivity contribution in [3.05, 3.63) is 0 Å². The van der Waals surface area contributed by atoms with Crippen LogP contribution in [0.5, 0.6) is 0 Å². The lowest BCUT2D eigenvalue weighted by molar-refractivity contribution is -0.142. The van der Waals surface area contributed by atoms with Crippen LogP contribution >= 0.6 is 0 Å². The molecule has 22 heavy (non-hydrogen) atoms. The number of methoxy groups -OCH3 is 1. The van der Waals surface area contributed by atoms with Crippen molar-refractivity contribution in [3.8, 4) is 0 Å². The summed E-state index contributed by atoms with van der Waals surface area (Å²) in [5.41, 5.74) is -0.586. The minimum Gasteiger partial charge on any atom is -0.477 e. The fraction of sp³-hybridized carbons (Fsp3) is 0.800. The number of aliphatic imine (C=N–C) groups is 1. The number of rotatable bonds is 5. The molecule has 0 radical (unpaired) electrons. The van der Waals surface area contributed by atoms with Gasteiger partial charge in [0.15, 0.2) is 6.04 Å². The van der Waals surface area contributed by atoms with Gasteiger partial charge in [-0.05, 0) is 26.7 Å². The molecule has 7 heteroatoms. The van der Waals surface area contributed by atoms with E-state index >= 15 is 0 Å². The first kappa shape index (κ1) is 18.3. The van der Waals surface area contributed by atoms with Crippen LogP contribution in [0.2, 0.25) is 0 Å². The van der Waals surface area contributed by atoms with Gasteiger partial charge in [-0.15, -0.1) is 0 Å². The van der Waals surface area contributed by atoms with Crippen molar-refractivity contribution < 1.29 is 23.8 Å². The van der Waals surface area contributed by atoms with Gasteiger partial charge in [0.25, 0.3) is 0 Å². The average molecular weight is 314 g/mol. The highest BCUT2D eigenvalue weighted by atomic mass is 16.6. The zero-order valence-corrected chi connectivity index (χ0v) is 14.1. The van der Waals surface area contributed by atoms with Gasteiger partial charge < -0.3 is 19.5 Å². The first-order chi connectivity index (χ1) is 10.2. The molecule has 1 aliphatic rings. The van der Waals surface area contributed by atoms with Crippen LogP contribution in [0.4, 0.5) is 4.79 Å². The van der Waals surface area contributed by atoms with Gasteiger partial charge in [-0.2, -0.15) is 0 Å². The molecule has 0 saturated heterocycles. The van der Waals surface area contributed by atoms with E-state index in [0.29, 0.717) is 5.90 Å². The van der Waals surface area contributed by atoms with Crippen molar-refractivity contribution in [2.45, 2.75) is 58.7 Å². The van der Waals surface area contributed by atoms with Crippen molar-refractivity contribution in [3.63, 3.8) is 0 Å². The second-order valence-corrected chi connectivity index (χ2v) is 6.33. The third-order valence-electron chi connectivity index (χ3n) is 3.30. The van der Waals surface area contributed by atoms with Gasteiger partial charge in [0.1, 0.15) is 18.2 Å². The second kappa shape index (κ2) is 7.47. The van der Waals surface area contributed by atoms with Crippen LogP contribution in [0.3, 0.4) is 0 Å². The number of ether oxygens (including phenoxy) is 3. The summed E-state index contributed by atoms with van der Waals surface area (Å²) in [5, 5.41) is 2.77. The zero-order chi connectivity index (χ0) is 16.9. The Hall–Kier alpha value is -1.79. The molecule has 1 amide bonds. The molecule has 0 aromatic carbocycles. The largest absolute Gasteiger partial charge is 0.477 e. The fourth-order valence-electron chi connectivity index (χ4n) is 1.94. The summed E-state index contributed by atoms with van der Waals surface area (Å²) in [7, 11) is 1.31. The maximum absolute atomic E-state index is 12.0. The van der Waals surface area contributed by atoms with Crippen molar-refractivity contribution in [1.82, 2.24) is 5.32 Å². The Kier molecular flexibility index (Phi) is 6.20. The summed E-state index contributed by atoms with van der Waals surface area (Å²) in [5.74, 6) is -0.0200. The van der Waals surface area contributed by atoms with Crippen molar-refractivity contribution >= 4 is 18.0 Å². The molecular weight excluding hydrogens is 288 g/mol. The standard InChI is InChI=1S/C15H26N2O5/c1-7-9(2)11(17-14(19)22-15(3,4)5)12-16-10(8-21-12)13(18)20-6/h9-11H,7-8H2,1-6H3,(H,17,19)/t9-,10?,11-/m0/s1. The molecule has 0 saturated carbocycles. The van der Waals surface area contributed by atoms with E-state index in [-0.39, 0.29) is 12.5 Å². The molecule has 1 rings (SSSR count). The molecular formula is C15H26N2O5. The van der Waals surface area contributed by atoms with Gasteiger partial charge in [0.2, 0.25) is 5.90 Å². The lowest BCUT2D eigenvalue weighted by atomic mass is 9.99. The summed E-state index contributed by atoms with van der Waals surface area (Å²) in [6, 6.07) is -1.11. The number of alkyl carbamates (subject to hydrolysis) is 1. The smallest absolute Gasteiger partial charge is 0.408 e. The molecule has 1 unspecified atom stereocenters. The quantitative estimate of drug-likeness (QED) is 0.783. The fourth-order valence-corrected chi connectivity index (χ4v) is 1.94. The van der Waals surface area contributed by atoms with E-state index in [1.54, 1.807) is 20.8 Å². The summed E-state index contributed by atoms with van der Waals surface area (Å²) in [4.78, 5) is 27.7. The third kappa shape index (κ3) is 5.20. The van der Waals surface area contributed by atoms with E-state index in [1.165, 1.54) is 7.11 Å². The highest BCUT2D eigenvalue weighted by Gasteiger charge is 2.34. The topological polar surface area (TPSA) is 86.2 Å². The van der Waals surface area contributed by atoms with Gasteiger partial charge in [-0.25, -0.2) is 14.6 Å². The van der Waals surface area contributed by atoms with Crippen molar-refractivity contribution in [1.29, 1.82) is 0 Å². The SMILES string of the molecule is CC[C@H](C)[C@H](NC(=O)OC(C)(C)C)C1=NC(C(=O)OC)CO1. The van der Waals surface area contributed by atoms with E-state index in [0.717, 1.165) is 6.42 Å². The Morgan fingerprint density at radius 2 is 2.09 bits per heavy atom. The molecule has 1 aliphatic heterocycles. The molecule has 0 fully saturated rings. The molecule has 0 aromatic rings. The van der Waals surface area contributed by atoms with Crippen LogP contribution in [-0.4, -0.2) is 49.4 Å². The molecule has 7 nitrogen and oxygen atoms in total. The van der Waals surface area contributed by atoms with E-state index in [4.69, 9.17) is 9.47 Å². The number of esters is 1. The van der Waals surface area contributed by atoms with Crippen LogP contribution in [0, 0.1) is 5.92 Å². The lowest BCUT2D eigenvalue weighted by Crippen LogP contribution is -2.47. The number of nitrogens with one attached hydrogen (secondary N) is 1. The van der Waals surface area contributed by atoms with Gasteiger partial charge in [0.05, 0.1) is 7.11 Å². The maximum Gasteiger partial charge on any atom is 0.408 e. The van der Waals surface area contributed by atoms with Crippen LogP contribution in [0.15, 0.2) is 4.99 Å². The average Bonchev–Trinajstić information content (AvgIpc) is 2.90. The van der Waals surface area contributed by atoms with E-state index in [9.17, 15) is 9.59 Å². The normalized spacial score (nSPS) is 20.5. The van der Waals surface area contributed by atoms with Crippen LogP contribution in [0.25, 0.3) is 0 Å². The summed E-state index contributed by atoms with van der Waals surface area (Å²) >= 11 is 0. The zero-order valence-electron chi connectivity index (χ0n) is 14.1. The van der Waals surface area contributed by atoms with Gasteiger partial charge >= 0.3 is 12.1 Å². The van der Waals surface area contributed by atoms with E-state index < -0.39 is 29.7 Å². The summed E-state index contributed by atoms with van der Waals surface area (Å²) in [6.45, 7) is 9.48. The van der Waals surface area contributed by atoms with Crippen molar-refractivity contribution in [2.75, 3.05) is 13.7 Å². The molecule has 1 N–H and O–H groups in total. The lowest BCUT2D eigenvalue weighted by Gasteiger charge is -2.26. The summed E-state index contributed by atoms with van der Waals surface area (Å²) < 4.78 is 15.4. The van der Waals surface area contributed by atoms with E-state index in [2.05, 4.69) is 15.0 Å². The molecule has 3 atom stereocenters. The van der Waals surface area contributed by atoms with Crippen molar-refractivity contribution in [2.24, 2.45) is 10.9 Å². The Morgan fingerprint density at radius 3 is 2.59 bits per heavy atom. The Bertz CT molecular complexity index is 442. The van der Waals surface area contributed by atoms with Gasteiger partial charge in [0, 0.05) is 0 Å². The number of amides is 1. The predicted molar refractivity (Wildman–Crippen MR) is 81.8 cm³/mol. The molecule has 1 heterocycles. The first-order valence-electron chi connectivity index (χ1n) is 7.45. The monoisotopic (exact) mass is 314 g/mol. The molecule has 0 aliphatic carbocycles. The number of hydrogen-bond acceptors (Lipinski definition) is 6.